The summed E-state index contributed by atoms with van der Waals surface area (Å²) in [6, 6.07) is 5.63. The molecule has 1 unspecified atom stereocenters. The third kappa shape index (κ3) is 4.20. The fourth-order valence-electron chi connectivity index (χ4n) is 1.28. The van der Waals surface area contributed by atoms with Crippen LogP contribution in [0.3, 0.4) is 0 Å². The lowest BCUT2D eigenvalue weighted by molar-refractivity contribution is -0.384. The van der Waals surface area contributed by atoms with Gasteiger partial charge in [0.2, 0.25) is 0 Å². The van der Waals surface area contributed by atoms with Gasteiger partial charge in [0.15, 0.2) is 0 Å². The van der Waals surface area contributed by atoms with Gasteiger partial charge in [0.25, 0.3) is 11.6 Å². The van der Waals surface area contributed by atoms with Crippen LogP contribution in [0.25, 0.3) is 0 Å². The molecule has 1 aromatic carbocycles. The Morgan fingerprint density at radius 3 is 2.88 bits per heavy atom. The van der Waals surface area contributed by atoms with E-state index in [0.717, 1.165) is 0 Å². The van der Waals surface area contributed by atoms with E-state index in [1.54, 1.807) is 0 Å². The highest BCUT2D eigenvalue weighted by Gasteiger charge is 2.10. The zero-order chi connectivity index (χ0) is 12.8. The monoisotopic (exact) mass is 237 g/mol. The number of nitro groups is 1. The lowest BCUT2D eigenvalue weighted by Gasteiger charge is -2.07. The average Bonchev–Trinajstić information content (AvgIpc) is 2.28. The van der Waals surface area contributed by atoms with Crippen molar-refractivity contribution in [1.29, 1.82) is 0 Å². The number of amides is 1. The predicted molar refractivity (Wildman–Crippen MR) is 63.7 cm³/mol. The van der Waals surface area contributed by atoms with Gasteiger partial charge in [0, 0.05) is 30.3 Å². The molecule has 1 amide bonds. The van der Waals surface area contributed by atoms with Gasteiger partial charge in [0.05, 0.1) is 4.92 Å². The fourth-order valence-corrected chi connectivity index (χ4v) is 1.28. The maximum Gasteiger partial charge on any atom is 0.270 e. The standard InChI is InChI=1S/C11H15N3O3/c1-8(12)5-6-13-11(15)9-3-2-4-10(7-9)14(16)17/h2-4,7-8H,5-6,12H2,1H3,(H,13,15). The molecule has 6 nitrogen and oxygen atoms in total. The summed E-state index contributed by atoms with van der Waals surface area (Å²) in [6.45, 7) is 2.30. The number of hydrogen-bond acceptors (Lipinski definition) is 4. The number of carbonyl (C=O) groups excluding carboxylic acids is 1. The third-order valence-corrected chi connectivity index (χ3v) is 2.20. The van der Waals surface area contributed by atoms with Crippen LogP contribution in [0.1, 0.15) is 23.7 Å². The number of nitrogens with two attached hydrogens (primary N) is 1. The Labute approximate surface area is 99.0 Å². The Morgan fingerprint density at radius 2 is 2.29 bits per heavy atom. The van der Waals surface area contributed by atoms with Gasteiger partial charge >= 0.3 is 0 Å². The highest BCUT2D eigenvalue weighted by atomic mass is 16.6. The Kier molecular flexibility index (Phi) is 4.59. The second-order valence-corrected chi connectivity index (χ2v) is 3.83. The molecule has 1 aromatic rings. The van der Waals surface area contributed by atoms with Crippen LogP contribution < -0.4 is 11.1 Å². The Balaban J connectivity index is 2.63. The number of non-ortho nitro benzene ring substituents is 1. The number of nitrogens with one attached hydrogen (secondary N) is 1. The molecule has 1 atom stereocenters. The van der Waals surface area contributed by atoms with Crippen LogP contribution in [0.2, 0.25) is 0 Å². The molecule has 0 aliphatic rings. The van der Waals surface area contributed by atoms with Crippen LogP contribution >= 0.6 is 0 Å². The summed E-state index contributed by atoms with van der Waals surface area (Å²) in [5.41, 5.74) is 5.73. The molecule has 0 spiro atoms. The van der Waals surface area contributed by atoms with Gasteiger partial charge < -0.3 is 11.1 Å². The van der Waals surface area contributed by atoms with Gasteiger partial charge in [-0.05, 0) is 19.4 Å². The molecule has 0 aliphatic carbocycles. The van der Waals surface area contributed by atoms with Gasteiger partial charge in [-0.1, -0.05) is 6.07 Å². The summed E-state index contributed by atoms with van der Waals surface area (Å²) < 4.78 is 0. The molecule has 0 saturated heterocycles. The lowest BCUT2D eigenvalue weighted by atomic mass is 10.2. The van der Waals surface area contributed by atoms with Crippen molar-refractivity contribution in [3.63, 3.8) is 0 Å². The van der Waals surface area contributed by atoms with Crippen LogP contribution in [0.5, 0.6) is 0 Å². The molecule has 0 saturated carbocycles. The first-order chi connectivity index (χ1) is 8.00. The van der Waals surface area contributed by atoms with E-state index in [1.165, 1.54) is 24.3 Å². The van der Waals surface area contributed by atoms with Crippen LogP contribution in [0, 0.1) is 10.1 Å². The Bertz CT molecular complexity index is 418. The van der Waals surface area contributed by atoms with E-state index in [-0.39, 0.29) is 23.2 Å². The number of nitro benzene ring substituents is 1. The summed E-state index contributed by atoms with van der Waals surface area (Å²) in [6.07, 6.45) is 0.667. The maximum atomic E-state index is 11.6. The van der Waals surface area contributed by atoms with Crippen molar-refractivity contribution in [2.45, 2.75) is 19.4 Å². The minimum atomic E-state index is -0.529. The van der Waals surface area contributed by atoms with E-state index in [0.29, 0.717) is 13.0 Å². The summed E-state index contributed by atoms with van der Waals surface area (Å²) in [7, 11) is 0. The van der Waals surface area contributed by atoms with Crippen molar-refractivity contribution in [3.8, 4) is 0 Å². The van der Waals surface area contributed by atoms with E-state index in [4.69, 9.17) is 5.73 Å². The van der Waals surface area contributed by atoms with E-state index >= 15 is 0 Å². The highest BCUT2D eigenvalue weighted by molar-refractivity contribution is 5.94. The molecule has 92 valence electrons. The van der Waals surface area contributed by atoms with Crippen LogP contribution in [-0.2, 0) is 0 Å². The average molecular weight is 237 g/mol. The Morgan fingerprint density at radius 1 is 1.59 bits per heavy atom. The summed E-state index contributed by atoms with van der Waals surface area (Å²) in [4.78, 5) is 21.6. The topological polar surface area (TPSA) is 98.3 Å². The van der Waals surface area contributed by atoms with Crippen molar-refractivity contribution in [1.82, 2.24) is 5.32 Å². The van der Waals surface area contributed by atoms with Crippen molar-refractivity contribution < 1.29 is 9.72 Å². The smallest absolute Gasteiger partial charge is 0.270 e. The molecule has 1 rings (SSSR count). The number of rotatable bonds is 5. The largest absolute Gasteiger partial charge is 0.352 e. The van der Waals surface area contributed by atoms with Crippen LogP contribution in [0.4, 0.5) is 5.69 Å². The second kappa shape index (κ2) is 5.95. The van der Waals surface area contributed by atoms with Crippen molar-refractivity contribution in [2.24, 2.45) is 5.73 Å². The van der Waals surface area contributed by atoms with Crippen molar-refractivity contribution >= 4 is 11.6 Å². The highest BCUT2D eigenvalue weighted by Crippen LogP contribution is 2.12. The lowest BCUT2D eigenvalue weighted by Crippen LogP contribution is -2.28. The van der Waals surface area contributed by atoms with E-state index < -0.39 is 4.92 Å². The van der Waals surface area contributed by atoms with E-state index in [1.807, 2.05) is 6.92 Å². The molecule has 0 bridgehead atoms. The summed E-state index contributed by atoms with van der Waals surface area (Å²) >= 11 is 0. The third-order valence-electron chi connectivity index (χ3n) is 2.20. The number of hydrogen-bond donors (Lipinski definition) is 2. The van der Waals surface area contributed by atoms with Crippen molar-refractivity contribution in [3.05, 3.63) is 39.9 Å². The molecular weight excluding hydrogens is 222 g/mol. The fraction of sp³-hybridized carbons (Fsp3) is 0.364. The SMILES string of the molecule is CC(N)CCNC(=O)c1cccc([N+](=O)[O-])c1. The molecule has 6 heteroatoms. The Hall–Kier alpha value is -1.95. The second-order valence-electron chi connectivity index (χ2n) is 3.83. The van der Waals surface area contributed by atoms with E-state index in [2.05, 4.69) is 5.32 Å². The zero-order valence-corrected chi connectivity index (χ0v) is 9.55. The predicted octanol–water partition coefficient (Wildman–Crippen LogP) is 1.06. The van der Waals surface area contributed by atoms with Gasteiger partial charge in [-0.15, -0.1) is 0 Å². The number of benzene rings is 1. The zero-order valence-electron chi connectivity index (χ0n) is 9.55. The van der Waals surface area contributed by atoms with Crippen molar-refractivity contribution in [2.75, 3.05) is 6.54 Å². The molecular formula is C11H15N3O3. The molecule has 17 heavy (non-hydrogen) atoms. The first kappa shape index (κ1) is 13.1. The van der Waals surface area contributed by atoms with Gasteiger partial charge in [-0.3, -0.25) is 14.9 Å². The first-order valence-electron chi connectivity index (χ1n) is 5.29. The molecule has 0 radical (unpaired) electrons. The molecule has 3 N–H and O–H groups in total. The summed E-state index contributed by atoms with van der Waals surface area (Å²) in [5.74, 6) is -0.325. The first-order valence-corrected chi connectivity index (χ1v) is 5.29. The molecule has 0 aliphatic heterocycles. The maximum absolute atomic E-state index is 11.6. The van der Waals surface area contributed by atoms with Crippen LogP contribution in [-0.4, -0.2) is 23.4 Å². The minimum Gasteiger partial charge on any atom is -0.352 e. The van der Waals surface area contributed by atoms with E-state index in [9.17, 15) is 14.9 Å². The van der Waals surface area contributed by atoms with Gasteiger partial charge in [0.1, 0.15) is 0 Å². The minimum absolute atomic E-state index is 0.0143. The molecule has 0 heterocycles. The van der Waals surface area contributed by atoms with Gasteiger partial charge in [-0.2, -0.15) is 0 Å². The number of carbonyl (C=O) groups is 1. The summed E-state index contributed by atoms with van der Waals surface area (Å²) in [5, 5.41) is 13.2. The number of nitrogens with zero attached hydrogens (tertiary/aromatic N) is 1. The quantitative estimate of drug-likeness (QED) is 0.591. The normalized spacial score (nSPS) is 11.9. The van der Waals surface area contributed by atoms with Crippen LogP contribution in [0.15, 0.2) is 24.3 Å². The van der Waals surface area contributed by atoms with Gasteiger partial charge in [-0.25, -0.2) is 0 Å². The molecule has 0 fully saturated rings. The molecule has 0 aromatic heterocycles.